The van der Waals surface area contributed by atoms with Gasteiger partial charge in [0.1, 0.15) is 10.9 Å². The van der Waals surface area contributed by atoms with Crippen LogP contribution in [0.1, 0.15) is 15.9 Å². The van der Waals surface area contributed by atoms with Gasteiger partial charge in [-0.3, -0.25) is 4.79 Å². The SMILES string of the molecule is CN(Cc1ccccc1O)C(=O)c1cc(Cl)ncc1N. The number of anilines is 1. The summed E-state index contributed by atoms with van der Waals surface area (Å²) in [4.78, 5) is 17.6. The van der Waals surface area contributed by atoms with Gasteiger partial charge in [-0.15, -0.1) is 0 Å². The van der Waals surface area contributed by atoms with Gasteiger partial charge in [-0.25, -0.2) is 4.98 Å². The molecule has 0 aliphatic heterocycles. The molecule has 2 aromatic rings. The van der Waals surface area contributed by atoms with Gasteiger partial charge < -0.3 is 15.7 Å². The van der Waals surface area contributed by atoms with Crippen LogP contribution >= 0.6 is 11.6 Å². The van der Waals surface area contributed by atoms with Crippen molar-refractivity contribution in [2.45, 2.75) is 6.54 Å². The zero-order valence-corrected chi connectivity index (χ0v) is 11.6. The van der Waals surface area contributed by atoms with E-state index in [0.29, 0.717) is 11.1 Å². The molecule has 20 heavy (non-hydrogen) atoms. The van der Waals surface area contributed by atoms with Gasteiger partial charge in [-0.05, 0) is 12.1 Å². The van der Waals surface area contributed by atoms with Crippen molar-refractivity contribution in [3.8, 4) is 5.75 Å². The lowest BCUT2D eigenvalue weighted by atomic mass is 10.1. The average molecular weight is 292 g/mol. The van der Waals surface area contributed by atoms with Crippen LogP contribution in [0.25, 0.3) is 0 Å². The zero-order chi connectivity index (χ0) is 14.7. The fourth-order valence-electron chi connectivity index (χ4n) is 1.80. The molecular weight excluding hydrogens is 278 g/mol. The molecule has 3 N–H and O–H groups in total. The quantitative estimate of drug-likeness (QED) is 0.850. The standard InChI is InChI=1S/C14H14ClN3O2/c1-18(8-9-4-2-3-5-12(9)19)14(20)10-6-13(15)17-7-11(10)16/h2-7,19H,8,16H2,1H3. The molecule has 6 heteroatoms. The second kappa shape index (κ2) is 5.79. The minimum atomic E-state index is -0.282. The van der Waals surface area contributed by atoms with E-state index in [4.69, 9.17) is 17.3 Å². The van der Waals surface area contributed by atoms with Crippen LogP contribution in [0, 0.1) is 0 Å². The Bertz CT molecular complexity index is 646. The van der Waals surface area contributed by atoms with Crippen molar-refractivity contribution >= 4 is 23.2 Å². The predicted molar refractivity (Wildman–Crippen MR) is 77.6 cm³/mol. The Morgan fingerprint density at radius 1 is 1.45 bits per heavy atom. The number of para-hydroxylation sites is 1. The van der Waals surface area contributed by atoms with E-state index in [2.05, 4.69) is 4.98 Å². The fourth-order valence-corrected chi connectivity index (χ4v) is 1.96. The molecule has 1 aromatic heterocycles. The molecule has 0 bridgehead atoms. The summed E-state index contributed by atoms with van der Waals surface area (Å²) < 4.78 is 0. The number of carbonyl (C=O) groups is 1. The predicted octanol–water partition coefficient (Wildman–Crippen LogP) is 2.29. The number of carbonyl (C=O) groups excluding carboxylic acids is 1. The maximum Gasteiger partial charge on any atom is 0.256 e. The van der Waals surface area contributed by atoms with E-state index in [1.54, 1.807) is 31.3 Å². The third-order valence-corrected chi connectivity index (χ3v) is 3.08. The normalized spacial score (nSPS) is 10.3. The number of rotatable bonds is 3. The molecule has 0 fully saturated rings. The van der Waals surface area contributed by atoms with Crippen LogP contribution in [0.15, 0.2) is 36.5 Å². The van der Waals surface area contributed by atoms with Gasteiger partial charge in [-0.1, -0.05) is 29.8 Å². The lowest BCUT2D eigenvalue weighted by Crippen LogP contribution is -2.27. The highest BCUT2D eigenvalue weighted by molar-refractivity contribution is 6.29. The topological polar surface area (TPSA) is 79.5 Å². The van der Waals surface area contributed by atoms with E-state index in [-0.39, 0.29) is 29.0 Å². The summed E-state index contributed by atoms with van der Waals surface area (Å²) in [5, 5.41) is 9.92. The first kappa shape index (κ1) is 14.1. The number of aromatic nitrogens is 1. The lowest BCUT2D eigenvalue weighted by Gasteiger charge is -2.18. The summed E-state index contributed by atoms with van der Waals surface area (Å²) in [5.41, 5.74) is 6.95. The Morgan fingerprint density at radius 2 is 2.15 bits per heavy atom. The van der Waals surface area contributed by atoms with Gasteiger partial charge >= 0.3 is 0 Å². The number of hydrogen-bond acceptors (Lipinski definition) is 4. The summed E-state index contributed by atoms with van der Waals surface area (Å²) in [5.74, 6) is -0.136. The molecule has 2 rings (SSSR count). The van der Waals surface area contributed by atoms with E-state index in [0.717, 1.165) is 0 Å². The van der Waals surface area contributed by atoms with Crippen LogP contribution in [-0.2, 0) is 6.54 Å². The van der Waals surface area contributed by atoms with Crippen molar-refractivity contribution < 1.29 is 9.90 Å². The van der Waals surface area contributed by atoms with Crippen LogP contribution < -0.4 is 5.73 Å². The van der Waals surface area contributed by atoms with Gasteiger partial charge in [0.05, 0.1) is 17.4 Å². The molecule has 0 atom stereocenters. The number of nitrogens with zero attached hydrogens (tertiary/aromatic N) is 2. The van der Waals surface area contributed by atoms with Crippen molar-refractivity contribution in [1.82, 2.24) is 9.88 Å². The van der Waals surface area contributed by atoms with Crippen LogP contribution in [0.5, 0.6) is 5.75 Å². The molecule has 104 valence electrons. The van der Waals surface area contributed by atoms with Crippen LogP contribution in [0.3, 0.4) is 0 Å². The maximum atomic E-state index is 12.3. The van der Waals surface area contributed by atoms with Crippen LogP contribution in [0.4, 0.5) is 5.69 Å². The fraction of sp³-hybridized carbons (Fsp3) is 0.143. The smallest absolute Gasteiger partial charge is 0.256 e. The van der Waals surface area contributed by atoms with E-state index in [9.17, 15) is 9.90 Å². The van der Waals surface area contributed by atoms with Crippen molar-refractivity contribution in [2.24, 2.45) is 0 Å². The summed E-state index contributed by atoms with van der Waals surface area (Å²) in [7, 11) is 1.63. The van der Waals surface area contributed by atoms with Gasteiger partial charge in [0.15, 0.2) is 0 Å². The van der Waals surface area contributed by atoms with Crippen molar-refractivity contribution in [2.75, 3.05) is 12.8 Å². The molecule has 1 amide bonds. The molecule has 1 aromatic carbocycles. The first-order valence-corrected chi connectivity index (χ1v) is 6.30. The molecule has 0 aliphatic rings. The number of phenolic OH excluding ortho intramolecular Hbond substituents is 1. The van der Waals surface area contributed by atoms with Crippen molar-refractivity contribution in [1.29, 1.82) is 0 Å². The van der Waals surface area contributed by atoms with Crippen LogP contribution in [-0.4, -0.2) is 27.9 Å². The number of nitrogens with two attached hydrogens (primary N) is 1. The first-order chi connectivity index (χ1) is 9.49. The Kier molecular flexibility index (Phi) is 4.10. The monoisotopic (exact) mass is 291 g/mol. The van der Waals surface area contributed by atoms with Crippen molar-refractivity contribution in [3.05, 3.63) is 52.8 Å². The number of hydrogen-bond donors (Lipinski definition) is 2. The number of pyridine rings is 1. The van der Waals surface area contributed by atoms with E-state index in [1.807, 2.05) is 0 Å². The first-order valence-electron chi connectivity index (χ1n) is 5.92. The highest BCUT2D eigenvalue weighted by Gasteiger charge is 2.16. The minimum Gasteiger partial charge on any atom is -0.508 e. The minimum absolute atomic E-state index is 0.146. The molecule has 5 nitrogen and oxygen atoms in total. The number of aromatic hydroxyl groups is 1. The summed E-state index contributed by atoms with van der Waals surface area (Å²) in [6.07, 6.45) is 1.35. The lowest BCUT2D eigenvalue weighted by molar-refractivity contribution is 0.0785. The molecule has 0 saturated heterocycles. The van der Waals surface area contributed by atoms with E-state index < -0.39 is 0 Å². The third kappa shape index (κ3) is 3.00. The number of phenols is 1. The number of nitrogen functional groups attached to an aromatic ring is 1. The highest BCUT2D eigenvalue weighted by atomic mass is 35.5. The van der Waals surface area contributed by atoms with Gasteiger partial charge in [-0.2, -0.15) is 0 Å². The largest absolute Gasteiger partial charge is 0.508 e. The molecule has 1 heterocycles. The average Bonchev–Trinajstić information content (AvgIpc) is 2.43. The Morgan fingerprint density at radius 3 is 2.85 bits per heavy atom. The summed E-state index contributed by atoms with van der Waals surface area (Å²) in [6, 6.07) is 8.28. The third-order valence-electron chi connectivity index (χ3n) is 2.88. The Balaban J connectivity index is 2.21. The van der Waals surface area contributed by atoms with E-state index >= 15 is 0 Å². The Hall–Kier alpha value is -2.27. The molecule has 0 saturated carbocycles. The van der Waals surface area contributed by atoms with Gasteiger partial charge in [0.25, 0.3) is 5.91 Å². The van der Waals surface area contributed by atoms with Gasteiger partial charge in [0.2, 0.25) is 0 Å². The number of amides is 1. The Labute approximate surface area is 121 Å². The number of benzene rings is 1. The molecule has 0 aliphatic carbocycles. The molecular formula is C14H14ClN3O2. The van der Waals surface area contributed by atoms with Gasteiger partial charge in [0, 0.05) is 19.2 Å². The van der Waals surface area contributed by atoms with Crippen molar-refractivity contribution in [3.63, 3.8) is 0 Å². The second-order valence-corrected chi connectivity index (χ2v) is 4.77. The zero-order valence-electron chi connectivity index (χ0n) is 10.9. The second-order valence-electron chi connectivity index (χ2n) is 4.38. The maximum absolute atomic E-state index is 12.3. The highest BCUT2D eigenvalue weighted by Crippen LogP contribution is 2.20. The summed E-state index contributed by atoms with van der Waals surface area (Å²) in [6.45, 7) is 0.269. The molecule has 0 unspecified atom stereocenters. The molecule has 0 radical (unpaired) electrons. The van der Waals surface area contributed by atoms with Crippen LogP contribution in [0.2, 0.25) is 5.15 Å². The van der Waals surface area contributed by atoms with E-state index in [1.165, 1.54) is 17.2 Å². The molecule has 0 spiro atoms. The summed E-state index contributed by atoms with van der Waals surface area (Å²) >= 11 is 5.77. The number of halogens is 1.